The molecule has 0 spiro atoms. The third kappa shape index (κ3) is 2.97. The van der Waals surface area contributed by atoms with Crippen molar-refractivity contribution in [2.45, 2.75) is 32.0 Å². The Kier molecular flexibility index (Phi) is 4.12. The standard InChI is InChI=1S/C16H20F3N3/c1-2-8-22-9-7-14-13(10-22)15(21-20-14)11-3-5-12(6-4-11)16(17,18)19/h3-6,13,15,21H,2,7-10H2,1H3. The van der Waals surface area contributed by atoms with E-state index in [0.29, 0.717) is 0 Å². The Bertz CT molecular complexity index is 551. The lowest BCUT2D eigenvalue weighted by Gasteiger charge is -2.33. The quantitative estimate of drug-likeness (QED) is 0.926. The summed E-state index contributed by atoms with van der Waals surface area (Å²) in [7, 11) is 0. The smallest absolute Gasteiger partial charge is 0.302 e. The van der Waals surface area contributed by atoms with Crippen LogP contribution >= 0.6 is 0 Å². The van der Waals surface area contributed by atoms with Gasteiger partial charge in [0.1, 0.15) is 0 Å². The number of nitrogens with one attached hydrogen (secondary N) is 1. The molecule has 0 saturated carbocycles. The highest BCUT2D eigenvalue weighted by Gasteiger charge is 2.37. The van der Waals surface area contributed by atoms with Gasteiger partial charge in [-0.3, -0.25) is 0 Å². The molecule has 0 aromatic heterocycles. The summed E-state index contributed by atoms with van der Waals surface area (Å²) in [4.78, 5) is 2.41. The summed E-state index contributed by atoms with van der Waals surface area (Å²) in [6.45, 7) is 5.16. The molecule has 1 aromatic rings. The minimum absolute atomic E-state index is 0.0167. The molecule has 3 nitrogen and oxygen atoms in total. The van der Waals surface area contributed by atoms with Crippen LogP contribution in [-0.2, 0) is 6.18 Å². The van der Waals surface area contributed by atoms with Gasteiger partial charge in [-0.15, -0.1) is 0 Å². The Balaban J connectivity index is 1.75. The number of hydrazone groups is 1. The van der Waals surface area contributed by atoms with Crippen LogP contribution < -0.4 is 5.43 Å². The Labute approximate surface area is 128 Å². The first-order valence-corrected chi connectivity index (χ1v) is 7.70. The third-order valence-corrected chi connectivity index (χ3v) is 4.45. The highest BCUT2D eigenvalue weighted by molar-refractivity contribution is 5.89. The fraction of sp³-hybridized carbons (Fsp3) is 0.562. The van der Waals surface area contributed by atoms with Gasteiger partial charge < -0.3 is 10.3 Å². The lowest BCUT2D eigenvalue weighted by molar-refractivity contribution is -0.137. The molecule has 2 atom stereocenters. The molecule has 1 saturated heterocycles. The van der Waals surface area contributed by atoms with Gasteiger partial charge in [-0.1, -0.05) is 19.1 Å². The van der Waals surface area contributed by atoms with E-state index in [1.807, 2.05) is 0 Å². The maximum absolute atomic E-state index is 12.7. The van der Waals surface area contributed by atoms with E-state index in [1.54, 1.807) is 12.1 Å². The van der Waals surface area contributed by atoms with Gasteiger partial charge in [0.2, 0.25) is 0 Å². The molecule has 6 heteroatoms. The number of piperidine rings is 1. The Morgan fingerprint density at radius 3 is 2.64 bits per heavy atom. The fourth-order valence-corrected chi connectivity index (χ4v) is 3.32. The van der Waals surface area contributed by atoms with Crippen molar-refractivity contribution in [1.29, 1.82) is 0 Å². The van der Waals surface area contributed by atoms with Crippen LogP contribution in [0.1, 0.15) is 36.9 Å². The maximum Gasteiger partial charge on any atom is 0.416 e. The lowest BCUT2D eigenvalue weighted by atomic mass is 9.86. The number of alkyl halides is 3. The molecule has 3 rings (SSSR count). The third-order valence-electron chi connectivity index (χ3n) is 4.45. The van der Waals surface area contributed by atoms with Crippen molar-refractivity contribution in [2.75, 3.05) is 19.6 Å². The molecular weight excluding hydrogens is 291 g/mol. The van der Waals surface area contributed by atoms with Crippen molar-refractivity contribution in [3.63, 3.8) is 0 Å². The summed E-state index contributed by atoms with van der Waals surface area (Å²) in [5.74, 6) is 0.261. The minimum Gasteiger partial charge on any atom is -0.302 e. The van der Waals surface area contributed by atoms with Gasteiger partial charge in [-0.05, 0) is 30.7 Å². The summed E-state index contributed by atoms with van der Waals surface area (Å²) >= 11 is 0. The highest BCUT2D eigenvalue weighted by atomic mass is 19.4. The van der Waals surface area contributed by atoms with Gasteiger partial charge in [0.15, 0.2) is 0 Å². The predicted octanol–water partition coefficient (Wildman–Crippen LogP) is 3.44. The number of hydrogen-bond acceptors (Lipinski definition) is 3. The number of benzene rings is 1. The number of nitrogens with zero attached hydrogens (tertiary/aromatic N) is 2. The summed E-state index contributed by atoms with van der Waals surface area (Å²) in [5, 5.41) is 4.40. The zero-order chi connectivity index (χ0) is 15.7. The topological polar surface area (TPSA) is 27.6 Å². The molecule has 1 aromatic carbocycles. The van der Waals surface area contributed by atoms with Gasteiger partial charge in [-0.2, -0.15) is 18.3 Å². The van der Waals surface area contributed by atoms with Gasteiger partial charge in [0.25, 0.3) is 0 Å². The van der Waals surface area contributed by atoms with Crippen LogP contribution in [0, 0.1) is 5.92 Å². The average molecular weight is 311 g/mol. The van der Waals surface area contributed by atoms with Gasteiger partial charge in [-0.25, -0.2) is 0 Å². The first-order chi connectivity index (χ1) is 10.5. The predicted molar refractivity (Wildman–Crippen MR) is 79.6 cm³/mol. The van der Waals surface area contributed by atoms with Crippen LogP contribution in [0.15, 0.2) is 29.4 Å². The molecule has 0 amide bonds. The SMILES string of the molecule is CCCN1CCC2=NNC(c3ccc(C(F)(F)F)cc3)C2C1. The first kappa shape index (κ1) is 15.3. The molecule has 22 heavy (non-hydrogen) atoms. The largest absolute Gasteiger partial charge is 0.416 e. The van der Waals surface area contributed by atoms with Crippen molar-refractivity contribution < 1.29 is 13.2 Å². The van der Waals surface area contributed by atoms with Crippen LogP contribution in [0.4, 0.5) is 13.2 Å². The van der Waals surface area contributed by atoms with Gasteiger partial charge in [0.05, 0.1) is 11.6 Å². The zero-order valence-electron chi connectivity index (χ0n) is 12.5. The summed E-state index contributed by atoms with van der Waals surface area (Å²) in [6, 6.07) is 5.43. The molecular formula is C16H20F3N3. The molecule has 0 aliphatic carbocycles. The monoisotopic (exact) mass is 311 g/mol. The van der Waals surface area contributed by atoms with Crippen LogP contribution in [0.25, 0.3) is 0 Å². The summed E-state index contributed by atoms with van der Waals surface area (Å²) in [5.41, 5.74) is 4.53. The number of hydrogen-bond donors (Lipinski definition) is 1. The van der Waals surface area contributed by atoms with Crippen LogP contribution in [0.5, 0.6) is 0 Å². The second-order valence-corrected chi connectivity index (χ2v) is 5.99. The van der Waals surface area contributed by atoms with Crippen molar-refractivity contribution >= 4 is 5.71 Å². The van der Waals surface area contributed by atoms with E-state index in [-0.39, 0.29) is 12.0 Å². The van der Waals surface area contributed by atoms with E-state index in [0.717, 1.165) is 55.9 Å². The second-order valence-electron chi connectivity index (χ2n) is 5.99. The average Bonchev–Trinajstić information content (AvgIpc) is 2.90. The Morgan fingerprint density at radius 2 is 2.00 bits per heavy atom. The fourth-order valence-electron chi connectivity index (χ4n) is 3.32. The molecule has 120 valence electrons. The molecule has 2 heterocycles. The molecule has 2 aliphatic rings. The lowest BCUT2D eigenvalue weighted by Crippen LogP contribution is -2.42. The summed E-state index contributed by atoms with van der Waals surface area (Å²) in [6.07, 6.45) is -2.24. The normalized spacial score (nSPS) is 25.5. The van der Waals surface area contributed by atoms with E-state index < -0.39 is 11.7 Å². The Morgan fingerprint density at radius 1 is 1.27 bits per heavy atom. The van der Waals surface area contributed by atoms with E-state index in [9.17, 15) is 13.2 Å². The Hall–Kier alpha value is -1.56. The number of likely N-dealkylation sites (tertiary alicyclic amines) is 1. The zero-order valence-corrected chi connectivity index (χ0v) is 12.5. The molecule has 0 radical (unpaired) electrons. The number of fused-ring (bicyclic) bond motifs is 1. The van der Waals surface area contributed by atoms with Crippen LogP contribution in [-0.4, -0.2) is 30.2 Å². The summed E-state index contributed by atoms with van der Waals surface area (Å²) < 4.78 is 38.0. The van der Waals surface area contributed by atoms with Crippen molar-refractivity contribution in [3.8, 4) is 0 Å². The van der Waals surface area contributed by atoms with Gasteiger partial charge in [0, 0.05) is 31.1 Å². The van der Waals surface area contributed by atoms with Crippen molar-refractivity contribution in [1.82, 2.24) is 10.3 Å². The van der Waals surface area contributed by atoms with Crippen LogP contribution in [0.3, 0.4) is 0 Å². The van der Waals surface area contributed by atoms with Crippen molar-refractivity contribution in [3.05, 3.63) is 35.4 Å². The van der Waals surface area contributed by atoms with E-state index in [2.05, 4.69) is 22.4 Å². The molecule has 1 fully saturated rings. The van der Waals surface area contributed by atoms with Crippen LogP contribution in [0.2, 0.25) is 0 Å². The second kappa shape index (κ2) is 5.91. The number of halogens is 3. The van der Waals surface area contributed by atoms with E-state index in [4.69, 9.17) is 0 Å². The first-order valence-electron chi connectivity index (χ1n) is 7.70. The molecule has 2 aliphatic heterocycles. The van der Waals surface area contributed by atoms with E-state index in [1.165, 1.54) is 0 Å². The van der Waals surface area contributed by atoms with E-state index >= 15 is 0 Å². The molecule has 2 unspecified atom stereocenters. The molecule has 0 bridgehead atoms. The molecule has 1 N–H and O–H groups in total. The number of rotatable bonds is 3. The highest BCUT2D eigenvalue weighted by Crippen LogP contribution is 2.34. The minimum atomic E-state index is -4.29. The van der Waals surface area contributed by atoms with Crippen molar-refractivity contribution in [2.24, 2.45) is 11.0 Å². The maximum atomic E-state index is 12.7. The van der Waals surface area contributed by atoms with Gasteiger partial charge >= 0.3 is 6.18 Å².